The molecule has 8 heteroatoms. The van der Waals surface area contributed by atoms with E-state index in [1.54, 1.807) is 30.3 Å². The smallest absolute Gasteiger partial charge is 0.251 e. The highest BCUT2D eigenvalue weighted by Gasteiger charge is 2.10. The van der Waals surface area contributed by atoms with Gasteiger partial charge in [0.15, 0.2) is 0 Å². The number of carbonyl (C=O) groups is 3. The fraction of sp³-hybridized carbons (Fsp3) is 0.286. The van der Waals surface area contributed by atoms with Crippen LogP contribution in [0.15, 0.2) is 42.5 Å². The lowest BCUT2D eigenvalue weighted by Crippen LogP contribution is -2.25. The van der Waals surface area contributed by atoms with Crippen LogP contribution in [0.2, 0.25) is 0 Å². The first-order chi connectivity index (χ1) is 13.8. The molecule has 0 aromatic heterocycles. The molecule has 3 N–H and O–H groups in total. The number of anilines is 2. The van der Waals surface area contributed by atoms with Gasteiger partial charge in [0.25, 0.3) is 5.91 Å². The topological polar surface area (TPSA) is 96.5 Å². The zero-order chi connectivity index (χ0) is 21.2. The van der Waals surface area contributed by atoms with Crippen LogP contribution < -0.4 is 20.7 Å². The minimum absolute atomic E-state index is 0.280. The molecular weight excluding hydrogens is 377 g/mol. The third kappa shape index (κ3) is 8.00. The van der Waals surface area contributed by atoms with E-state index in [0.717, 1.165) is 0 Å². The molecule has 0 aliphatic rings. The van der Waals surface area contributed by atoms with Crippen LogP contribution in [-0.4, -0.2) is 30.9 Å². The van der Waals surface area contributed by atoms with Gasteiger partial charge in [-0.05, 0) is 55.3 Å². The number of hydrogen-bond acceptors (Lipinski definition) is 4. The predicted octanol–water partition coefficient (Wildman–Crippen LogP) is 3.33. The summed E-state index contributed by atoms with van der Waals surface area (Å²) in [5.74, 6) is -0.599. The van der Waals surface area contributed by atoms with Crippen molar-refractivity contribution in [1.29, 1.82) is 0 Å². The molecule has 3 amide bonds. The van der Waals surface area contributed by atoms with Gasteiger partial charge in [0.1, 0.15) is 11.6 Å². The Balaban J connectivity index is 1.83. The van der Waals surface area contributed by atoms with Crippen molar-refractivity contribution in [2.75, 3.05) is 23.8 Å². The van der Waals surface area contributed by atoms with E-state index >= 15 is 0 Å². The van der Waals surface area contributed by atoms with Crippen molar-refractivity contribution < 1.29 is 23.5 Å². The first kappa shape index (κ1) is 21.9. The molecule has 0 saturated heterocycles. The molecule has 0 atom stereocenters. The van der Waals surface area contributed by atoms with E-state index in [2.05, 4.69) is 16.0 Å². The summed E-state index contributed by atoms with van der Waals surface area (Å²) in [6.45, 7) is 3.61. The molecule has 0 fully saturated rings. The van der Waals surface area contributed by atoms with Gasteiger partial charge < -0.3 is 20.7 Å². The lowest BCUT2D eigenvalue weighted by atomic mass is 10.1. The lowest BCUT2D eigenvalue weighted by Gasteiger charge is -2.11. The van der Waals surface area contributed by atoms with Gasteiger partial charge in [0.05, 0.1) is 6.61 Å². The zero-order valence-electron chi connectivity index (χ0n) is 16.4. The first-order valence-corrected chi connectivity index (χ1v) is 9.20. The Morgan fingerprint density at radius 1 is 0.897 bits per heavy atom. The first-order valence-electron chi connectivity index (χ1n) is 9.20. The maximum atomic E-state index is 12.8. The summed E-state index contributed by atoms with van der Waals surface area (Å²) in [6.07, 6.45) is 1.40. The third-order valence-electron chi connectivity index (χ3n) is 3.77. The van der Waals surface area contributed by atoms with Crippen LogP contribution in [0.25, 0.3) is 0 Å². The number of rotatable bonds is 9. The van der Waals surface area contributed by atoms with Crippen molar-refractivity contribution in [2.45, 2.75) is 26.7 Å². The number of unbranched alkanes of at least 4 members (excludes halogenated alkanes) is 1. The van der Waals surface area contributed by atoms with Crippen LogP contribution in [0.5, 0.6) is 5.75 Å². The van der Waals surface area contributed by atoms with Crippen molar-refractivity contribution in [3.63, 3.8) is 0 Å². The number of ether oxygens (including phenoxy) is 1. The van der Waals surface area contributed by atoms with Gasteiger partial charge in [-0.3, -0.25) is 14.4 Å². The van der Waals surface area contributed by atoms with E-state index in [9.17, 15) is 18.8 Å². The summed E-state index contributed by atoms with van der Waals surface area (Å²) in [7, 11) is 0. The van der Waals surface area contributed by atoms with E-state index in [1.807, 2.05) is 0 Å². The Kier molecular flexibility index (Phi) is 8.14. The molecule has 0 bridgehead atoms. The number of benzene rings is 2. The zero-order valence-corrected chi connectivity index (χ0v) is 16.4. The number of amides is 3. The Hall–Kier alpha value is -3.42. The number of carbonyl (C=O) groups excluding carboxylic acids is 3. The molecule has 2 aromatic carbocycles. The predicted molar refractivity (Wildman–Crippen MR) is 109 cm³/mol. The maximum absolute atomic E-state index is 12.8. The fourth-order valence-corrected chi connectivity index (χ4v) is 2.56. The summed E-state index contributed by atoms with van der Waals surface area (Å²) in [4.78, 5) is 35.0. The van der Waals surface area contributed by atoms with E-state index in [0.29, 0.717) is 48.7 Å². The third-order valence-corrected chi connectivity index (χ3v) is 3.77. The van der Waals surface area contributed by atoms with Gasteiger partial charge >= 0.3 is 0 Å². The summed E-state index contributed by atoms with van der Waals surface area (Å²) < 4.78 is 18.3. The molecule has 0 spiro atoms. The minimum Gasteiger partial charge on any atom is -0.494 e. The molecule has 0 heterocycles. The van der Waals surface area contributed by atoms with E-state index in [-0.39, 0.29) is 23.5 Å². The molecule has 0 unspecified atom stereocenters. The normalized spacial score (nSPS) is 10.2. The van der Waals surface area contributed by atoms with Gasteiger partial charge in [-0.1, -0.05) is 0 Å². The molecule has 7 nitrogen and oxygen atoms in total. The number of hydrogen-bond donors (Lipinski definition) is 3. The molecule has 2 aromatic rings. The summed E-state index contributed by atoms with van der Waals surface area (Å²) in [5.41, 5.74) is 1.16. The van der Waals surface area contributed by atoms with Crippen LogP contribution in [-0.2, 0) is 9.59 Å². The standard InChI is InChI=1S/C21H24FN3O4/c1-14(26)24-18-11-16(12-19(13-18)25-15(2)27)21(28)23-9-3-4-10-29-20-7-5-17(22)6-8-20/h5-8,11-13H,3-4,9-10H2,1-2H3,(H,23,28)(H,24,26)(H,25,27). The maximum Gasteiger partial charge on any atom is 0.251 e. The van der Waals surface area contributed by atoms with Crippen LogP contribution in [0, 0.1) is 5.82 Å². The Morgan fingerprint density at radius 2 is 1.48 bits per heavy atom. The lowest BCUT2D eigenvalue weighted by molar-refractivity contribution is -0.115. The molecule has 2 rings (SSSR count). The average molecular weight is 401 g/mol. The summed E-state index contributed by atoms with van der Waals surface area (Å²) in [6, 6.07) is 10.4. The number of nitrogens with one attached hydrogen (secondary N) is 3. The van der Waals surface area contributed by atoms with Crippen LogP contribution in [0.4, 0.5) is 15.8 Å². The fourth-order valence-electron chi connectivity index (χ4n) is 2.56. The van der Waals surface area contributed by atoms with Gasteiger partial charge in [-0.15, -0.1) is 0 Å². The quantitative estimate of drug-likeness (QED) is 0.562. The van der Waals surface area contributed by atoms with Crippen molar-refractivity contribution >= 4 is 29.1 Å². The molecule has 0 aliphatic carbocycles. The summed E-state index contributed by atoms with van der Waals surface area (Å²) >= 11 is 0. The second kappa shape index (κ2) is 10.8. The Morgan fingerprint density at radius 3 is 2.03 bits per heavy atom. The van der Waals surface area contributed by atoms with Crippen LogP contribution >= 0.6 is 0 Å². The monoisotopic (exact) mass is 401 g/mol. The van der Waals surface area contributed by atoms with E-state index in [4.69, 9.17) is 4.74 Å². The average Bonchev–Trinajstić information content (AvgIpc) is 2.64. The van der Waals surface area contributed by atoms with E-state index < -0.39 is 0 Å². The minimum atomic E-state index is -0.316. The molecular formula is C21H24FN3O4. The van der Waals surface area contributed by atoms with Crippen molar-refractivity contribution in [3.05, 3.63) is 53.8 Å². The van der Waals surface area contributed by atoms with Gasteiger partial charge in [0.2, 0.25) is 11.8 Å². The second-order valence-corrected chi connectivity index (χ2v) is 6.43. The molecule has 0 radical (unpaired) electrons. The molecule has 154 valence electrons. The highest BCUT2D eigenvalue weighted by Crippen LogP contribution is 2.19. The largest absolute Gasteiger partial charge is 0.494 e. The second-order valence-electron chi connectivity index (χ2n) is 6.43. The number of halogens is 1. The Bertz CT molecular complexity index is 834. The van der Waals surface area contributed by atoms with Crippen molar-refractivity contribution in [3.8, 4) is 5.75 Å². The van der Waals surface area contributed by atoms with Crippen LogP contribution in [0.1, 0.15) is 37.0 Å². The van der Waals surface area contributed by atoms with E-state index in [1.165, 1.54) is 26.0 Å². The van der Waals surface area contributed by atoms with Gasteiger partial charge in [-0.2, -0.15) is 0 Å². The highest BCUT2D eigenvalue weighted by atomic mass is 19.1. The molecule has 29 heavy (non-hydrogen) atoms. The Labute approximate surface area is 168 Å². The molecule has 0 saturated carbocycles. The van der Waals surface area contributed by atoms with Gasteiger partial charge in [-0.25, -0.2) is 4.39 Å². The summed E-state index contributed by atoms with van der Waals surface area (Å²) in [5, 5.41) is 8.01. The SMILES string of the molecule is CC(=O)Nc1cc(NC(C)=O)cc(C(=O)NCCCCOc2ccc(F)cc2)c1. The van der Waals surface area contributed by atoms with Crippen LogP contribution in [0.3, 0.4) is 0 Å². The molecule has 0 aliphatic heterocycles. The van der Waals surface area contributed by atoms with Gasteiger partial charge in [0, 0.05) is 37.3 Å². The van der Waals surface area contributed by atoms with Crippen molar-refractivity contribution in [2.24, 2.45) is 0 Å². The highest BCUT2D eigenvalue weighted by molar-refractivity contribution is 5.99. The van der Waals surface area contributed by atoms with Crippen molar-refractivity contribution in [1.82, 2.24) is 5.32 Å².